The molecule has 0 saturated carbocycles. The van der Waals surface area contributed by atoms with Gasteiger partial charge in [0.25, 0.3) is 5.69 Å². The summed E-state index contributed by atoms with van der Waals surface area (Å²) < 4.78 is 13.3. The topological polar surface area (TPSA) is 71.8 Å². The highest BCUT2D eigenvalue weighted by Crippen LogP contribution is 2.31. The summed E-state index contributed by atoms with van der Waals surface area (Å²) in [6.07, 6.45) is 0. The number of halogens is 2. The fourth-order valence-corrected chi connectivity index (χ4v) is 1.70. The lowest BCUT2D eigenvalue weighted by molar-refractivity contribution is -0.383. The number of hydrogen-bond acceptors (Lipinski definition) is 3. The molecule has 5 nitrogen and oxygen atoms in total. The Labute approximate surface area is 85.2 Å². The fourth-order valence-electron chi connectivity index (χ4n) is 1.20. The predicted octanol–water partition coefficient (Wildman–Crippen LogP) is 2.37. The van der Waals surface area contributed by atoms with Crippen LogP contribution in [0.15, 0.2) is 16.7 Å². The van der Waals surface area contributed by atoms with Crippen LogP contribution in [0.1, 0.15) is 0 Å². The zero-order valence-corrected chi connectivity index (χ0v) is 8.21. The number of nitro groups is 1. The average molecular weight is 260 g/mol. The van der Waals surface area contributed by atoms with Gasteiger partial charge in [-0.3, -0.25) is 15.2 Å². The van der Waals surface area contributed by atoms with Crippen LogP contribution in [0.2, 0.25) is 0 Å². The molecular weight excluding hydrogens is 257 g/mol. The molecule has 0 fully saturated rings. The first kappa shape index (κ1) is 9.07. The van der Waals surface area contributed by atoms with Gasteiger partial charge in [0.2, 0.25) is 0 Å². The largest absolute Gasteiger partial charge is 0.284 e. The zero-order valence-electron chi connectivity index (χ0n) is 6.62. The van der Waals surface area contributed by atoms with Crippen molar-refractivity contribution in [3.8, 4) is 0 Å². The van der Waals surface area contributed by atoms with Gasteiger partial charge in [0, 0.05) is 6.07 Å². The van der Waals surface area contributed by atoms with Gasteiger partial charge < -0.3 is 0 Å². The molecule has 1 aromatic heterocycles. The Morgan fingerprint density at radius 1 is 1.57 bits per heavy atom. The molecule has 0 spiro atoms. The molecule has 0 aliphatic carbocycles. The normalized spacial score (nSPS) is 10.7. The Hall–Kier alpha value is -1.50. The van der Waals surface area contributed by atoms with E-state index in [-0.39, 0.29) is 16.6 Å². The zero-order chi connectivity index (χ0) is 10.3. The minimum atomic E-state index is -0.678. The Kier molecular flexibility index (Phi) is 1.95. The van der Waals surface area contributed by atoms with Gasteiger partial charge in [-0.15, -0.1) is 0 Å². The van der Waals surface area contributed by atoms with E-state index in [4.69, 9.17) is 0 Å². The third kappa shape index (κ3) is 1.25. The lowest BCUT2D eigenvalue weighted by atomic mass is 10.2. The van der Waals surface area contributed by atoms with Crippen molar-refractivity contribution < 1.29 is 9.31 Å². The maximum Gasteiger partial charge on any atom is 0.284 e. The summed E-state index contributed by atoms with van der Waals surface area (Å²) in [6.45, 7) is 0. The van der Waals surface area contributed by atoms with Gasteiger partial charge in [-0.25, -0.2) is 4.39 Å². The van der Waals surface area contributed by atoms with E-state index in [1.165, 1.54) is 0 Å². The molecule has 1 heterocycles. The summed E-state index contributed by atoms with van der Waals surface area (Å²) in [7, 11) is 0. The van der Waals surface area contributed by atoms with Crippen LogP contribution < -0.4 is 0 Å². The van der Waals surface area contributed by atoms with E-state index in [0.717, 1.165) is 12.1 Å². The molecule has 2 rings (SSSR count). The van der Waals surface area contributed by atoms with Gasteiger partial charge in [-0.1, -0.05) is 0 Å². The molecule has 1 aromatic carbocycles. The first-order chi connectivity index (χ1) is 6.59. The van der Waals surface area contributed by atoms with Crippen LogP contribution in [0.5, 0.6) is 0 Å². The van der Waals surface area contributed by atoms with Crippen molar-refractivity contribution in [3.05, 3.63) is 32.7 Å². The molecule has 72 valence electrons. The Morgan fingerprint density at radius 2 is 2.29 bits per heavy atom. The van der Waals surface area contributed by atoms with Crippen LogP contribution in [0.25, 0.3) is 10.9 Å². The third-order valence-corrected chi connectivity index (χ3v) is 2.33. The summed E-state index contributed by atoms with van der Waals surface area (Å²) in [5.41, 5.74) is -0.0794. The van der Waals surface area contributed by atoms with Crippen molar-refractivity contribution in [1.82, 2.24) is 10.2 Å². The van der Waals surface area contributed by atoms with Crippen molar-refractivity contribution in [3.63, 3.8) is 0 Å². The average Bonchev–Trinajstić information content (AvgIpc) is 2.46. The second kappa shape index (κ2) is 3.02. The van der Waals surface area contributed by atoms with Crippen LogP contribution in [-0.4, -0.2) is 15.1 Å². The first-order valence-electron chi connectivity index (χ1n) is 3.57. The highest BCUT2D eigenvalue weighted by Gasteiger charge is 2.18. The number of aromatic amines is 1. The predicted molar refractivity (Wildman–Crippen MR) is 50.4 cm³/mol. The number of benzene rings is 1. The van der Waals surface area contributed by atoms with E-state index in [0.29, 0.717) is 4.60 Å². The van der Waals surface area contributed by atoms with E-state index in [1.54, 1.807) is 0 Å². The number of nitro benzene ring substituents is 1. The summed E-state index contributed by atoms with van der Waals surface area (Å²) in [5, 5.41) is 17.1. The van der Waals surface area contributed by atoms with E-state index in [2.05, 4.69) is 26.1 Å². The molecule has 0 aliphatic heterocycles. The SMILES string of the molecule is O=[N+]([O-])c1cc(F)cc2n[nH]c(Br)c12. The van der Waals surface area contributed by atoms with Gasteiger partial charge in [0.15, 0.2) is 0 Å². The van der Waals surface area contributed by atoms with Gasteiger partial charge in [0.05, 0.1) is 11.0 Å². The smallest absolute Gasteiger partial charge is 0.270 e. The molecule has 14 heavy (non-hydrogen) atoms. The molecule has 1 N–H and O–H groups in total. The molecule has 0 unspecified atom stereocenters. The third-order valence-electron chi connectivity index (χ3n) is 1.75. The fraction of sp³-hybridized carbons (Fsp3) is 0. The molecule has 0 bridgehead atoms. The highest BCUT2D eigenvalue weighted by molar-refractivity contribution is 9.10. The lowest BCUT2D eigenvalue weighted by Gasteiger charge is -1.93. The Balaban J connectivity index is 2.90. The number of nitrogens with zero attached hydrogens (tertiary/aromatic N) is 2. The molecule has 0 amide bonds. The Bertz CT molecular complexity index is 525. The monoisotopic (exact) mass is 259 g/mol. The Morgan fingerprint density at radius 3 is 2.93 bits per heavy atom. The molecule has 0 atom stereocenters. The second-order valence-electron chi connectivity index (χ2n) is 2.61. The van der Waals surface area contributed by atoms with Gasteiger partial charge in [-0.2, -0.15) is 5.10 Å². The van der Waals surface area contributed by atoms with Crippen LogP contribution in [-0.2, 0) is 0 Å². The van der Waals surface area contributed by atoms with Crippen LogP contribution in [0.4, 0.5) is 10.1 Å². The van der Waals surface area contributed by atoms with Crippen molar-refractivity contribution in [2.45, 2.75) is 0 Å². The molecule has 0 aliphatic rings. The number of nitrogens with one attached hydrogen (secondary N) is 1. The van der Waals surface area contributed by atoms with E-state index >= 15 is 0 Å². The summed E-state index contributed by atoms with van der Waals surface area (Å²) >= 11 is 3.07. The summed E-state index contributed by atoms with van der Waals surface area (Å²) in [4.78, 5) is 9.95. The first-order valence-corrected chi connectivity index (χ1v) is 4.36. The number of fused-ring (bicyclic) bond motifs is 1. The minimum Gasteiger partial charge on any atom is -0.270 e. The lowest BCUT2D eigenvalue weighted by Crippen LogP contribution is -1.90. The number of hydrogen-bond donors (Lipinski definition) is 1. The molecule has 0 saturated heterocycles. The highest BCUT2D eigenvalue weighted by atomic mass is 79.9. The standard InChI is InChI=1S/C7H3BrFN3O2/c8-7-6-4(10-11-7)1-3(9)2-5(6)12(13)14/h1-2H,(H,10,11). The van der Waals surface area contributed by atoms with Crippen molar-refractivity contribution >= 4 is 32.5 Å². The minimum absolute atomic E-state index is 0.226. The molecule has 0 radical (unpaired) electrons. The molecule has 7 heteroatoms. The quantitative estimate of drug-likeness (QED) is 0.631. The van der Waals surface area contributed by atoms with Crippen LogP contribution >= 0.6 is 15.9 Å². The maximum absolute atomic E-state index is 12.9. The maximum atomic E-state index is 12.9. The summed E-state index contributed by atoms with van der Waals surface area (Å²) in [6, 6.07) is 1.99. The summed E-state index contributed by atoms with van der Waals surface area (Å²) in [5.74, 6) is -0.678. The number of rotatable bonds is 1. The number of H-pyrrole nitrogens is 1. The van der Waals surface area contributed by atoms with Crippen molar-refractivity contribution in [2.24, 2.45) is 0 Å². The number of non-ortho nitro benzene ring substituents is 1. The van der Waals surface area contributed by atoms with Gasteiger partial charge in [-0.05, 0) is 15.9 Å². The van der Waals surface area contributed by atoms with Crippen LogP contribution in [0, 0.1) is 15.9 Å². The number of aromatic nitrogens is 2. The van der Waals surface area contributed by atoms with Crippen LogP contribution in [0.3, 0.4) is 0 Å². The van der Waals surface area contributed by atoms with Gasteiger partial charge in [0.1, 0.15) is 21.3 Å². The molecule has 2 aromatic rings. The second-order valence-corrected chi connectivity index (χ2v) is 3.41. The van der Waals surface area contributed by atoms with E-state index in [9.17, 15) is 14.5 Å². The van der Waals surface area contributed by atoms with E-state index < -0.39 is 10.7 Å². The molecular formula is C7H3BrFN3O2. The van der Waals surface area contributed by atoms with Crippen molar-refractivity contribution in [1.29, 1.82) is 0 Å². The van der Waals surface area contributed by atoms with Crippen molar-refractivity contribution in [2.75, 3.05) is 0 Å². The van der Waals surface area contributed by atoms with Gasteiger partial charge >= 0.3 is 0 Å². The van der Waals surface area contributed by atoms with E-state index in [1.807, 2.05) is 0 Å².